The number of rotatable bonds is 5. The van der Waals surface area contributed by atoms with Crippen LogP contribution in [0.5, 0.6) is 0 Å². The molecule has 128 valence electrons. The molecule has 1 unspecified atom stereocenters. The quantitative estimate of drug-likeness (QED) is 0.879. The summed E-state index contributed by atoms with van der Waals surface area (Å²) >= 11 is 0. The molecule has 0 aliphatic carbocycles. The summed E-state index contributed by atoms with van der Waals surface area (Å²) in [5.41, 5.74) is 1.28. The second-order valence-electron chi connectivity index (χ2n) is 6.17. The number of aliphatic hydroxyl groups excluding tert-OH is 1. The van der Waals surface area contributed by atoms with Crippen LogP contribution in [0.1, 0.15) is 24.2 Å². The zero-order valence-electron chi connectivity index (χ0n) is 13.8. The van der Waals surface area contributed by atoms with E-state index in [1.165, 1.54) is 5.56 Å². The van der Waals surface area contributed by atoms with E-state index in [-0.39, 0.29) is 6.03 Å². The van der Waals surface area contributed by atoms with Crippen molar-refractivity contribution in [2.75, 3.05) is 13.1 Å². The van der Waals surface area contributed by atoms with Gasteiger partial charge in [-0.15, -0.1) is 0 Å². The number of carbonyl (C=O) groups excluding carboxylic acids is 1. The van der Waals surface area contributed by atoms with Crippen molar-refractivity contribution >= 4 is 6.03 Å². The lowest BCUT2D eigenvalue weighted by molar-refractivity contribution is 0.0841. The molecule has 0 bridgehead atoms. The van der Waals surface area contributed by atoms with Gasteiger partial charge in [0.2, 0.25) is 0 Å². The number of benzene rings is 1. The number of hydrogen-bond donors (Lipinski definition) is 2. The number of β-amino-alcohol motifs (C(OH)–C–C–N with tert-alkyl or cyclic N) is 1. The first-order valence-corrected chi connectivity index (χ1v) is 8.47. The Labute approximate surface area is 142 Å². The number of aryl methyl sites for hydroxylation is 2. The summed E-state index contributed by atoms with van der Waals surface area (Å²) < 4.78 is 2.07. The maximum atomic E-state index is 12.2. The molecule has 3 rings (SSSR count). The average Bonchev–Trinajstić information content (AvgIpc) is 3.06. The molecular formula is C18H24N4O2. The number of carbonyl (C=O) groups is 1. The van der Waals surface area contributed by atoms with E-state index in [0.29, 0.717) is 19.6 Å². The van der Waals surface area contributed by atoms with Crippen LogP contribution in [0.3, 0.4) is 0 Å². The Morgan fingerprint density at radius 2 is 2.17 bits per heavy atom. The number of hydrogen-bond acceptors (Lipinski definition) is 3. The molecule has 2 aromatic rings. The molecule has 2 N–H and O–H groups in total. The van der Waals surface area contributed by atoms with Crippen molar-refractivity contribution in [3.8, 4) is 0 Å². The van der Waals surface area contributed by atoms with Gasteiger partial charge in [-0.2, -0.15) is 0 Å². The maximum Gasteiger partial charge on any atom is 0.317 e. The van der Waals surface area contributed by atoms with E-state index in [9.17, 15) is 9.90 Å². The van der Waals surface area contributed by atoms with Crippen LogP contribution in [0.25, 0.3) is 0 Å². The van der Waals surface area contributed by atoms with Gasteiger partial charge in [0.1, 0.15) is 5.82 Å². The Morgan fingerprint density at radius 3 is 2.96 bits per heavy atom. The first kappa shape index (κ1) is 16.5. The Hall–Kier alpha value is -2.34. The first-order valence-electron chi connectivity index (χ1n) is 8.47. The molecule has 2 heterocycles. The molecule has 2 amide bonds. The summed E-state index contributed by atoms with van der Waals surface area (Å²) in [5, 5.41) is 12.6. The smallest absolute Gasteiger partial charge is 0.317 e. The molecule has 1 saturated heterocycles. The Bertz CT molecular complexity index is 656. The average molecular weight is 328 g/mol. The van der Waals surface area contributed by atoms with E-state index in [4.69, 9.17) is 0 Å². The fraction of sp³-hybridized carbons (Fsp3) is 0.444. The summed E-state index contributed by atoms with van der Waals surface area (Å²) in [7, 11) is 0. The van der Waals surface area contributed by atoms with Gasteiger partial charge in [0.15, 0.2) is 0 Å². The van der Waals surface area contributed by atoms with Crippen molar-refractivity contribution in [2.45, 2.75) is 38.5 Å². The van der Waals surface area contributed by atoms with Gasteiger partial charge < -0.3 is 19.9 Å². The van der Waals surface area contributed by atoms with Gasteiger partial charge >= 0.3 is 6.03 Å². The fourth-order valence-electron chi connectivity index (χ4n) is 3.01. The van der Waals surface area contributed by atoms with E-state index in [1.807, 2.05) is 24.4 Å². The molecule has 1 aromatic heterocycles. The summed E-state index contributed by atoms with van der Waals surface area (Å²) in [6.07, 6.45) is 5.84. The number of aromatic nitrogens is 2. The highest BCUT2D eigenvalue weighted by Gasteiger charge is 2.21. The molecule has 1 fully saturated rings. The standard InChI is InChI=1S/C18H24N4O2/c23-16-7-4-10-22(14-16)18(24)20-13-17-19-9-12-21(17)11-8-15-5-2-1-3-6-15/h1-3,5-6,9,12,16,23H,4,7-8,10-11,13-14H2,(H,20,24). The third-order valence-corrected chi connectivity index (χ3v) is 4.37. The fourth-order valence-corrected chi connectivity index (χ4v) is 3.01. The second-order valence-corrected chi connectivity index (χ2v) is 6.17. The van der Waals surface area contributed by atoms with E-state index >= 15 is 0 Å². The Balaban J connectivity index is 1.51. The second kappa shape index (κ2) is 7.97. The third kappa shape index (κ3) is 4.35. The number of piperidine rings is 1. The molecule has 1 aliphatic heterocycles. The number of aliphatic hydroxyl groups is 1. The first-order chi connectivity index (χ1) is 11.7. The normalized spacial score (nSPS) is 17.7. The third-order valence-electron chi connectivity index (χ3n) is 4.37. The van der Waals surface area contributed by atoms with Crippen molar-refractivity contribution < 1.29 is 9.90 Å². The Morgan fingerprint density at radius 1 is 1.33 bits per heavy atom. The van der Waals surface area contributed by atoms with E-state index < -0.39 is 6.10 Å². The summed E-state index contributed by atoms with van der Waals surface area (Å²) in [6.45, 7) is 2.34. The molecule has 6 nitrogen and oxygen atoms in total. The van der Waals surface area contributed by atoms with Gasteiger partial charge in [-0.25, -0.2) is 9.78 Å². The highest BCUT2D eigenvalue weighted by atomic mass is 16.3. The lowest BCUT2D eigenvalue weighted by atomic mass is 10.1. The van der Waals surface area contributed by atoms with Gasteiger partial charge in [-0.05, 0) is 24.8 Å². The molecule has 0 spiro atoms. The maximum absolute atomic E-state index is 12.2. The molecule has 0 saturated carbocycles. The molecule has 0 radical (unpaired) electrons. The van der Waals surface area contributed by atoms with Gasteiger partial charge in [0, 0.05) is 32.0 Å². The van der Waals surface area contributed by atoms with E-state index in [2.05, 4.69) is 27.0 Å². The number of urea groups is 1. The van der Waals surface area contributed by atoms with Crippen LogP contribution >= 0.6 is 0 Å². The van der Waals surface area contributed by atoms with Gasteiger partial charge in [0.05, 0.1) is 12.6 Å². The van der Waals surface area contributed by atoms with E-state index in [1.54, 1.807) is 11.1 Å². The number of nitrogens with zero attached hydrogens (tertiary/aromatic N) is 3. The van der Waals surface area contributed by atoms with Crippen LogP contribution in [0, 0.1) is 0 Å². The minimum Gasteiger partial charge on any atom is -0.391 e. The monoisotopic (exact) mass is 328 g/mol. The van der Waals surface area contributed by atoms with E-state index in [0.717, 1.165) is 31.6 Å². The number of nitrogens with one attached hydrogen (secondary N) is 1. The van der Waals surface area contributed by atoms with Crippen molar-refractivity contribution in [2.24, 2.45) is 0 Å². The lowest BCUT2D eigenvalue weighted by Gasteiger charge is -2.30. The van der Waals surface area contributed by atoms with Gasteiger partial charge in [0.25, 0.3) is 0 Å². The van der Waals surface area contributed by atoms with Gasteiger partial charge in [-0.3, -0.25) is 0 Å². The van der Waals surface area contributed by atoms with Crippen LogP contribution in [-0.4, -0.2) is 44.8 Å². The number of imidazole rings is 1. The SMILES string of the molecule is O=C(NCc1nccn1CCc1ccccc1)N1CCCC(O)C1. The van der Waals surface area contributed by atoms with Crippen LogP contribution in [0.15, 0.2) is 42.7 Å². The molecule has 1 aliphatic rings. The molecule has 6 heteroatoms. The van der Waals surface area contributed by atoms with Crippen LogP contribution < -0.4 is 5.32 Å². The topological polar surface area (TPSA) is 70.4 Å². The Kier molecular flexibility index (Phi) is 5.48. The van der Waals surface area contributed by atoms with Crippen LogP contribution in [0.4, 0.5) is 4.79 Å². The van der Waals surface area contributed by atoms with Crippen LogP contribution in [-0.2, 0) is 19.5 Å². The highest BCUT2D eigenvalue weighted by molar-refractivity contribution is 5.74. The van der Waals surface area contributed by atoms with Crippen molar-refractivity contribution in [1.82, 2.24) is 19.8 Å². The summed E-state index contributed by atoms with van der Waals surface area (Å²) in [4.78, 5) is 18.2. The van der Waals surface area contributed by atoms with Gasteiger partial charge in [-0.1, -0.05) is 30.3 Å². The summed E-state index contributed by atoms with van der Waals surface area (Å²) in [6, 6.07) is 10.2. The predicted octanol–water partition coefficient (Wildman–Crippen LogP) is 1.79. The largest absolute Gasteiger partial charge is 0.391 e. The molecule has 1 atom stereocenters. The zero-order valence-corrected chi connectivity index (χ0v) is 13.8. The van der Waals surface area contributed by atoms with Crippen molar-refractivity contribution in [3.63, 3.8) is 0 Å². The summed E-state index contributed by atoms with van der Waals surface area (Å²) in [5.74, 6) is 0.844. The zero-order chi connectivity index (χ0) is 16.8. The molecule has 1 aromatic carbocycles. The van der Waals surface area contributed by atoms with Crippen molar-refractivity contribution in [1.29, 1.82) is 0 Å². The highest BCUT2D eigenvalue weighted by Crippen LogP contribution is 2.10. The minimum atomic E-state index is -0.405. The minimum absolute atomic E-state index is 0.133. The molecular weight excluding hydrogens is 304 g/mol. The number of amides is 2. The lowest BCUT2D eigenvalue weighted by Crippen LogP contribution is -2.47. The molecule has 24 heavy (non-hydrogen) atoms. The predicted molar refractivity (Wildman–Crippen MR) is 91.4 cm³/mol. The van der Waals surface area contributed by atoms with Crippen molar-refractivity contribution in [3.05, 3.63) is 54.1 Å². The number of likely N-dealkylation sites (tertiary alicyclic amines) is 1. The van der Waals surface area contributed by atoms with Crippen LogP contribution in [0.2, 0.25) is 0 Å².